The zero-order chi connectivity index (χ0) is 29.4. The van der Waals surface area contributed by atoms with Gasteiger partial charge in [-0.05, 0) is 13.3 Å². The molecule has 1 aliphatic rings. The largest absolute Gasteiger partial charge is 0.408 e. The van der Waals surface area contributed by atoms with Gasteiger partial charge in [-0.15, -0.1) is 0 Å². The normalized spacial score (nSPS) is 16.7. The van der Waals surface area contributed by atoms with Gasteiger partial charge in [-0.2, -0.15) is 13.2 Å². The van der Waals surface area contributed by atoms with Crippen LogP contribution in [0.1, 0.15) is 23.8 Å². The number of aryl methyl sites for hydroxylation is 1. The first-order valence-electron chi connectivity index (χ1n) is 10.9. The van der Waals surface area contributed by atoms with Crippen LogP contribution in [-0.4, -0.2) is 67.0 Å². The molecule has 0 radical (unpaired) electrons. The van der Waals surface area contributed by atoms with Crippen molar-refractivity contribution in [1.29, 1.82) is 0 Å². The standard InChI is InChI=1S/C21H20F7N5O5S/c1-9(21(26,27)28)29-19(35)20(36)33-4-3-10(7-33)31-39(37,38)14-8-32(2)17(16(14)25)18(34)30-11-5-12(22)15(24)13(23)6-11/h5-6,8-10,31H,3-4,7H2,1-2H3,(H,29,35)(H,30,34)/t9-,10-/m1/s1. The van der Waals surface area contributed by atoms with Crippen LogP contribution >= 0.6 is 0 Å². The molecule has 0 saturated carbocycles. The number of anilines is 1. The van der Waals surface area contributed by atoms with Crippen molar-refractivity contribution in [2.75, 3.05) is 18.4 Å². The number of benzene rings is 1. The van der Waals surface area contributed by atoms with Crippen LogP contribution in [0, 0.1) is 23.3 Å². The van der Waals surface area contributed by atoms with Crippen molar-refractivity contribution in [2.24, 2.45) is 7.05 Å². The van der Waals surface area contributed by atoms with Crippen LogP contribution < -0.4 is 15.4 Å². The lowest BCUT2D eigenvalue weighted by atomic mass is 10.2. The molecule has 1 aromatic heterocycles. The molecule has 3 amide bonds. The lowest BCUT2D eigenvalue weighted by Gasteiger charge is -2.20. The highest BCUT2D eigenvalue weighted by atomic mass is 32.2. The fourth-order valence-corrected chi connectivity index (χ4v) is 5.03. The molecule has 18 heteroatoms. The predicted molar refractivity (Wildman–Crippen MR) is 119 cm³/mol. The molecule has 0 aliphatic carbocycles. The van der Waals surface area contributed by atoms with E-state index in [9.17, 15) is 49.1 Å². The Kier molecular flexibility index (Phi) is 8.30. The summed E-state index contributed by atoms with van der Waals surface area (Å²) in [4.78, 5) is 36.3. The number of sulfonamides is 1. The first kappa shape index (κ1) is 29.9. The van der Waals surface area contributed by atoms with Crippen LogP contribution in [0.3, 0.4) is 0 Å². The van der Waals surface area contributed by atoms with E-state index in [1.807, 2.05) is 5.32 Å². The zero-order valence-corrected chi connectivity index (χ0v) is 20.8. The smallest absolute Gasteiger partial charge is 0.343 e. The average molecular weight is 587 g/mol. The minimum Gasteiger partial charge on any atom is -0.343 e. The van der Waals surface area contributed by atoms with E-state index in [1.165, 1.54) is 5.32 Å². The highest BCUT2D eigenvalue weighted by molar-refractivity contribution is 7.89. The van der Waals surface area contributed by atoms with E-state index in [0.717, 1.165) is 22.7 Å². The first-order chi connectivity index (χ1) is 17.9. The van der Waals surface area contributed by atoms with E-state index in [0.29, 0.717) is 19.1 Å². The third-order valence-corrected chi connectivity index (χ3v) is 7.17. The van der Waals surface area contributed by atoms with Crippen molar-refractivity contribution in [2.45, 2.75) is 36.5 Å². The number of hydrogen-bond donors (Lipinski definition) is 3. The van der Waals surface area contributed by atoms with Gasteiger partial charge in [0.2, 0.25) is 10.0 Å². The summed E-state index contributed by atoms with van der Waals surface area (Å²) in [5, 5.41) is 3.42. The number of aromatic nitrogens is 1. The number of nitrogens with zero attached hydrogens (tertiary/aromatic N) is 2. The quantitative estimate of drug-likeness (QED) is 0.270. The Morgan fingerprint density at radius 2 is 1.64 bits per heavy atom. The molecular weight excluding hydrogens is 567 g/mol. The molecule has 1 fully saturated rings. The molecule has 3 rings (SSSR count). The molecule has 1 aliphatic heterocycles. The monoisotopic (exact) mass is 587 g/mol. The van der Waals surface area contributed by atoms with Crippen molar-refractivity contribution in [1.82, 2.24) is 19.5 Å². The Bertz CT molecular complexity index is 1400. The van der Waals surface area contributed by atoms with E-state index in [-0.39, 0.29) is 13.0 Å². The minimum atomic E-state index is -4.79. The molecule has 1 saturated heterocycles. The second kappa shape index (κ2) is 10.8. The van der Waals surface area contributed by atoms with Crippen molar-refractivity contribution >= 4 is 33.4 Å². The third-order valence-electron chi connectivity index (χ3n) is 5.66. The molecule has 2 heterocycles. The summed E-state index contributed by atoms with van der Waals surface area (Å²) in [5.41, 5.74) is -1.44. The number of nitrogens with one attached hydrogen (secondary N) is 3. The lowest BCUT2D eigenvalue weighted by molar-refractivity contribution is -0.162. The SMILES string of the molecule is C[C@@H](NC(=O)C(=O)N1CC[C@@H](NS(=O)(=O)c2cn(C)c(C(=O)Nc3cc(F)c(F)c(F)c3)c2F)C1)C(F)(F)F. The Hall–Kier alpha value is -3.67. The fraction of sp³-hybridized carbons (Fsp3) is 0.381. The summed E-state index contributed by atoms with van der Waals surface area (Å²) in [6.07, 6.45) is -4.14. The number of carbonyl (C=O) groups excluding carboxylic acids is 3. The molecule has 39 heavy (non-hydrogen) atoms. The highest BCUT2D eigenvalue weighted by Gasteiger charge is 2.40. The van der Waals surface area contributed by atoms with Crippen LogP contribution in [0.4, 0.5) is 36.4 Å². The molecule has 214 valence electrons. The summed E-state index contributed by atoms with van der Waals surface area (Å²) in [5.74, 6) is -10.8. The van der Waals surface area contributed by atoms with Gasteiger partial charge in [-0.1, -0.05) is 0 Å². The molecule has 0 spiro atoms. The van der Waals surface area contributed by atoms with Gasteiger partial charge in [0, 0.05) is 50.2 Å². The Labute approximate surface area is 216 Å². The van der Waals surface area contributed by atoms with Gasteiger partial charge in [0.05, 0.1) is 0 Å². The molecule has 3 N–H and O–H groups in total. The van der Waals surface area contributed by atoms with Gasteiger partial charge in [0.25, 0.3) is 5.91 Å². The topological polar surface area (TPSA) is 130 Å². The van der Waals surface area contributed by atoms with Crippen LogP contribution in [0.2, 0.25) is 0 Å². The summed E-state index contributed by atoms with van der Waals surface area (Å²) in [7, 11) is -3.60. The molecule has 2 atom stereocenters. The number of rotatable bonds is 6. The van der Waals surface area contributed by atoms with Crippen molar-refractivity contribution < 1.29 is 53.5 Å². The summed E-state index contributed by atoms with van der Waals surface area (Å²) in [6.45, 7) is 0.0101. The van der Waals surface area contributed by atoms with Crippen molar-refractivity contribution in [3.8, 4) is 0 Å². The highest BCUT2D eigenvalue weighted by Crippen LogP contribution is 2.24. The number of likely N-dealkylation sites (tertiary alicyclic amines) is 1. The van der Waals surface area contributed by atoms with Gasteiger partial charge in [0.15, 0.2) is 23.3 Å². The number of amides is 3. The molecule has 10 nitrogen and oxygen atoms in total. The van der Waals surface area contributed by atoms with E-state index in [1.54, 1.807) is 0 Å². The maximum atomic E-state index is 15.0. The van der Waals surface area contributed by atoms with Crippen LogP contribution in [-0.2, 0) is 26.7 Å². The van der Waals surface area contributed by atoms with E-state index < -0.39 is 92.1 Å². The van der Waals surface area contributed by atoms with E-state index in [4.69, 9.17) is 0 Å². The predicted octanol–water partition coefficient (Wildman–Crippen LogP) is 1.78. The van der Waals surface area contributed by atoms with Gasteiger partial charge < -0.3 is 20.1 Å². The molecule has 1 aromatic carbocycles. The van der Waals surface area contributed by atoms with Crippen LogP contribution in [0.5, 0.6) is 0 Å². The van der Waals surface area contributed by atoms with Crippen LogP contribution in [0.25, 0.3) is 0 Å². The summed E-state index contributed by atoms with van der Waals surface area (Å²) >= 11 is 0. The number of alkyl halides is 3. The number of halogens is 7. The van der Waals surface area contributed by atoms with E-state index in [2.05, 4.69) is 4.72 Å². The summed E-state index contributed by atoms with van der Waals surface area (Å²) < 4.78 is 121. The average Bonchev–Trinajstić information content (AvgIpc) is 3.39. The van der Waals surface area contributed by atoms with Crippen molar-refractivity contribution in [3.05, 3.63) is 47.3 Å². The van der Waals surface area contributed by atoms with Gasteiger partial charge >= 0.3 is 18.0 Å². The molecule has 0 bridgehead atoms. The van der Waals surface area contributed by atoms with Crippen LogP contribution in [0.15, 0.2) is 23.2 Å². The maximum absolute atomic E-state index is 15.0. The van der Waals surface area contributed by atoms with Gasteiger partial charge in [0.1, 0.15) is 16.6 Å². The molecular formula is C21H20F7N5O5S. The Morgan fingerprint density at radius 3 is 2.21 bits per heavy atom. The summed E-state index contributed by atoms with van der Waals surface area (Å²) in [6, 6.07) is -2.52. The first-order valence-corrected chi connectivity index (χ1v) is 12.4. The fourth-order valence-electron chi connectivity index (χ4n) is 3.64. The zero-order valence-electron chi connectivity index (χ0n) is 20.0. The minimum absolute atomic E-state index is 0.0729. The number of carbonyl (C=O) groups is 3. The number of hydrogen-bond acceptors (Lipinski definition) is 5. The van der Waals surface area contributed by atoms with Gasteiger partial charge in [-0.3, -0.25) is 14.4 Å². The van der Waals surface area contributed by atoms with Gasteiger partial charge in [-0.25, -0.2) is 30.7 Å². The lowest BCUT2D eigenvalue weighted by Crippen LogP contribution is -2.50. The second-order valence-electron chi connectivity index (χ2n) is 8.57. The Morgan fingerprint density at radius 1 is 1.05 bits per heavy atom. The molecule has 0 unspecified atom stereocenters. The third kappa shape index (κ3) is 6.49. The second-order valence-corrected chi connectivity index (χ2v) is 10.3. The maximum Gasteiger partial charge on any atom is 0.408 e. The van der Waals surface area contributed by atoms with Crippen molar-refractivity contribution in [3.63, 3.8) is 0 Å². The molecule has 2 aromatic rings. The van der Waals surface area contributed by atoms with E-state index >= 15 is 4.39 Å². The Balaban J connectivity index is 1.70.